The van der Waals surface area contributed by atoms with Gasteiger partial charge in [0.2, 0.25) is 0 Å². The molecule has 0 aliphatic rings. The fourth-order valence-corrected chi connectivity index (χ4v) is 2.52. The van der Waals surface area contributed by atoms with Gasteiger partial charge in [-0.25, -0.2) is 0 Å². The van der Waals surface area contributed by atoms with Crippen molar-refractivity contribution in [2.24, 2.45) is 0 Å². The predicted octanol–water partition coefficient (Wildman–Crippen LogP) is 4.22. The van der Waals surface area contributed by atoms with E-state index in [1.165, 1.54) is 0 Å². The van der Waals surface area contributed by atoms with Crippen LogP contribution in [0.4, 0.5) is 0 Å². The molecule has 2 aromatic rings. The van der Waals surface area contributed by atoms with E-state index in [4.69, 9.17) is 33.2 Å². The van der Waals surface area contributed by atoms with E-state index >= 15 is 0 Å². The standard InChI is InChI=1S/C15H15Cl2N3O/c1-3-13-15(17)14(20(4-2)19-13)9-21-11-6-5-10(8-18)12(16)7-11/h5-7H,3-4,9H2,1-2H3. The number of nitriles is 1. The number of ether oxygens (including phenoxy) is 1. The number of hydrogen-bond acceptors (Lipinski definition) is 3. The zero-order chi connectivity index (χ0) is 15.4. The highest BCUT2D eigenvalue weighted by molar-refractivity contribution is 6.32. The first-order valence-electron chi connectivity index (χ1n) is 6.67. The second-order valence-electron chi connectivity index (χ2n) is 4.42. The first kappa shape index (κ1) is 15.7. The molecule has 0 saturated heterocycles. The SMILES string of the molecule is CCc1nn(CC)c(COc2ccc(C#N)c(Cl)c2)c1Cl. The molecule has 0 atom stereocenters. The molecule has 0 fully saturated rings. The van der Waals surface area contributed by atoms with Gasteiger partial charge in [-0.3, -0.25) is 4.68 Å². The van der Waals surface area contributed by atoms with Crippen molar-refractivity contribution in [1.82, 2.24) is 9.78 Å². The smallest absolute Gasteiger partial charge is 0.131 e. The number of nitrogens with zero attached hydrogens (tertiary/aromatic N) is 3. The molecule has 0 aliphatic heterocycles. The van der Waals surface area contributed by atoms with E-state index in [0.717, 1.165) is 24.4 Å². The summed E-state index contributed by atoms with van der Waals surface area (Å²) in [4.78, 5) is 0. The van der Waals surface area contributed by atoms with Crippen molar-refractivity contribution in [2.45, 2.75) is 33.4 Å². The maximum atomic E-state index is 8.85. The fraction of sp³-hybridized carbons (Fsp3) is 0.333. The summed E-state index contributed by atoms with van der Waals surface area (Å²) in [6.07, 6.45) is 0.779. The first-order valence-corrected chi connectivity index (χ1v) is 7.42. The van der Waals surface area contributed by atoms with Crippen LogP contribution in [0, 0.1) is 11.3 Å². The molecule has 4 nitrogen and oxygen atoms in total. The minimum absolute atomic E-state index is 0.307. The summed E-state index contributed by atoms with van der Waals surface area (Å²) in [6, 6.07) is 6.99. The molecule has 0 unspecified atom stereocenters. The van der Waals surface area contributed by atoms with E-state index in [-0.39, 0.29) is 0 Å². The van der Waals surface area contributed by atoms with Crippen LogP contribution in [0.3, 0.4) is 0 Å². The van der Waals surface area contributed by atoms with E-state index in [2.05, 4.69) is 5.10 Å². The predicted molar refractivity (Wildman–Crippen MR) is 82.8 cm³/mol. The molecular formula is C15H15Cl2N3O. The van der Waals surface area contributed by atoms with Gasteiger partial charge in [0.25, 0.3) is 0 Å². The number of hydrogen-bond donors (Lipinski definition) is 0. The van der Waals surface area contributed by atoms with Crippen LogP contribution < -0.4 is 4.74 Å². The molecule has 0 saturated carbocycles. The molecule has 0 amide bonds. The summed E-state index contributed by atoms with van der Waals surface area (Å²) in [5.74, 6) is 0.594. The maximum absolute atomic E-state index is 8.85. The minimum Gasteiger partial charge on any atom is -0.487 e. The van der Waals surface area contributed by atoms with Crippen LogP contribution in [0.2, 0.25) is 10.0 Å². The van der Waals surface area contributed by atoms with Gasteiger partial charge in [-0.15, -0.1) is 0 Å². The quantitative estimate of drug-likeness (QED) is 0.827. The van der Waals surface area contributed by atoms with E-state index in [1.807, 2.05) is 24.6 Å². The van der Waals surface area contributed by atoms with Crippen molar-refractivity contribution in [3.8, 4) is 11.8 Å². The largest absolute Gasteiger partial charge is 0.487 e. The Labute approximate surface area is 133 Å². The topological polar surface area (TPSA) is 50.8 Å². The zero-order valence-electron chi connectivity index (χ0n) is 11.9. The van der Waals surface area contributed by atoms with Gasteiger partial charge in [-0.1, -0.05) is 30.1 Å². The van der Waals surface area contributed by atoms with Gasteiger partial charge in [0.05, 0.1) is 27.0 Å². The second kappa shape index (κ2) is 6.84. The Bertz CT molecular complexity index is 689. The van der Waals surface area contributed by atoms with E-state index in [1.54, 1.807) is 18.2 Å². The van der Waals surface area contributed by atoms with Gasteiger partial charge in [0, 0.05) is 12.6 Å². The van der Waals surface area contributed by atoms with Crippen molar-refractivity contribution in [3.05, 3.63) is 45.2 Å². The monoisotopic (exact) mass is 323 g/mol. The Balaban J connectivity index is 2.18. The van der Waals surface area contributed by atoms with Gasteiger partial charge >= 0.3 is 0 Å². The third kappa shape index (κ3) is 3.31. The van der Waals surface area contributed by atoms with Gasteiger partial charge < -0.3 is 4.74 Å². The second-order valence-corrected chi connectivity index (χ2v) is 5.20. The summed E-state index contributed by atoms with van der Waals surface area (Å²) in [7, 11) is 0. The first-order chi connectivity index (χ1) is 10.1. The number of aryl methyl sites for hydroxylation is 2. The van der Waals surface area contributed by atoms with Gasteiger partial charge in [0.1, 0.15) is 18.4 Å². The van der Waals surface area contributed by atoms with Crippen LogP contribution in [-0.2, 0) is 19.6 Å². The molecule has 1 aromatic heterocycles. The average molecular weight is 324 g/mol. The van der Waals surface area contributed by atoms with Crippen LogP contribution in [0.1, 0.15) is 30.8 Å². The van der Waals surface area contributed by atoms with E-state index < -0.39 is 0 Å². The fourth-order valence-electron chi connectivity index (χ4n) is 1.98. The number of rotatable bonds is 5. The Hall–Kier alpha value is -1.70. The lowest BCUT2D eigenvalue weighted by Crippen LogP contribution is -2.06. The molecular weight excluding hydrogens is 309 g/mol. The molecule has 0 N–H and O–H groups in total. The highest BCUT2D eigenvalue weighted by Crippen LogP contribution is 2.25. The van der Waals surface area contributed by atoms with Gasteiger partial charge in [0.15, 0.2) is 0 Å². The molecule has 6 heteroatoms. The zero-order valence-corrected chi connectivity index (χ0v) is 13.4. The lowest BCUT2D eigenvalue weighted by Gasteiger charge is -2.09. The summed E-state index contributed by atoms with van der Waals surface area (Å²) in [5.41, 5.74) is 2.14. The summed E-state index contributed by atoms with van der Waals surface area (Å²) in [5, 5.41) is 14.3. The molecule has 0 bridgehead atoms. The summed E-state index contributed by atoms with van der Waals surface area (Å²) >= 11 is 12.3. The van der Waals surface area contributed by atoms with Crippen molar-refractivity contribution >= 4 is 23.2 Å². The van der Waals surface area contributed by atoms with Crippen LogP contribution in [-0.4, -0.2) is 9.78 Å². The summed E-state index contributed by atoms with van der Waals surface area (Å²) in [6.45, 7) is 5.05. The van der Waals surface area contributed by atoms with E-state index in [0.29, 0.717) is 28.0 Å². The van der Waals surface area contributed by atoms with Crippen LogP contribution in [0.5, 0.6) is 5.75 Å². The molecule has 1 heterocycles. The highest BCUT2D eigenvalue weighted by Gasteiger charge is 2.15. The number of benzene rings is 1. The van der Waals surface area contributed by atoms with Gasteiger partial charge in [-0.2, -0.15) is 10.4 Å². The normalized spacial score (nSPS) is 10.4. The molecule has 0 spiro atoms. The lowest BCUT2D eigenvalue weighted by molar-refractivity contribution is 0.292. The van der Waals surface area contributed by atoms with Crippen LogP contribution in [0.15, 0.2) is 18.2 Å². The highest BCUT2D eigenvalue weighted by atomic mass is 35.5. The average Bonchev–Trinajstić information content (AvgIpc) is 2.80. The number of halogens is 2. The Morgan fingerprint density at radius 3 is 2.67 bits per heavy atom. The number of aromatic nitrogens is 2. The Morgan fingerprint density at radius 2 is 2.10 bits per heavy atom. The van der Waals surface area contributed by atoms with E-state index in [9.17, 15) is 0 Å². The van der Waals surface area contributed by atoms with Crippen molar-refractivity contribution in [1.29, 1.82) is 5.26 Å². The maximum Gasteiger partial charge on any atom is 0.131 e. The van der Waals surface area contributed by atoms with Crippen molar-refractivity contribution in [2.75, 3.05) is 0 Å². The molecule has 2 rings (SSSR count). The Morgan fingerprint density at radius 1 is 1.33 bits per heavy atom. The van der Waals surface area contributed by atoms with Crippen molar-refractivity contribution < 1.29 is 4.74 Å². The molecule has 1 aromatic carbocycles. The summed E-state index contributed by atoms with van der Waals surface area (Å²) < 4.78 is 7.55. The molecule has 110 valence electrons. The molecule has 0 aliphatic carbocycles. The Kier molecular flexibility index (Phi) is 5.11. The van der Waals surface area contributed by atoms with Crippen molar-refractivity contribution in [3.63, 3.8) is 0 Å². The lowest BCUT2D eigenvalue weighted by atomic mass is 10.2. The van der Waals surface area contributed by atoms with Crippen LogP contribution in [0.25, 0.3) is 0 Å². The van der Waals surface area contributed by atoms with Gasteiger partial charge in [-0.05, 0) is 25.5 Å². The van der Waals surface area contributed by atoms with Crippen LogP contribution >= 0.6 is 23.2 Å². The minimum atomic E-state index is 0.307. The molecule has 0 radical (unpaired) electrons. The molecule has 21 heavy (non-hydrogen) atoms. The third-order valence-electron chi connectivity index (χ3n) is 3.13. The third-order valence-corrected chi connectivity index (χ3v) is 3.88.